The smallest absolute Gasteiger partial charge is 0.392 e. The number of halogens is 4. The monoisotopic (exact) mass is 311 g/mol. The maximum atomic E-state index is 11.9. The Kier molecular flexibility index (Phi) is 4.82. The van der Waals surface area contributed by atoms with Gasteiger partial charge in [-0.25, -0.2) is 0 Å². The van der Waals surface area contributed by atoms with Gasteiger partial charge in [0.05, 0.1) is 13.0 Å². The van der Waals surface area contributed by atoms with Crippen LogP contribution in [0.25, 0.3) is 0 Å². The highest BCUT2D eigenvalue weighted by Gasteiger charge is 2.26. The molecule has 96 valence electrons. The maximum Gasteiger partial charge on any atom is 0.392 e. The number of hydrogen-bond acceptors (Lipinski definition) is 2. The highest BCUT2D eigenvalue weighted by Crippen LogP contribution is 2.27. The Morgan fingerprint density at radius 2 is 2.06 bits per heavy atom. The fourth-order valence-electron chi connectivity index (χ4n) is 1.25. The molecule has 0 saturated carbocycles. The highest BCUT2D eigenvalue weighted by molar-refractivity contribution is 9.10. The van der Waals surface area contributed by atoms with E-state index in [0.29, 0.717) is 5.75 Å². The van der Waals surface area contributed by atoms with E-state index in [4.69, 9.17) is 10.5 Å². The summed E-state index contributed by atoms with van der Waals surface area (Å²) in [6.45, 7) is 1.44. The van der Waals surface area contributed by atoms with Crippen molar-refractivity contribution < 1.29 is 17.9 Å². The van der Waals surface area contributed by atoms with E-state index >= 15 is 0 Å². The molecule has 0 aromatic heterocycles. The number of nitrogens with two attached hydrogens (primary N) is 1. The van der Waals surface area contributed by atoms with Crippen molar-refractivity contribution in [1.82, 2.24) is 0 Å². The third kappa shape index (κ3) is 4.95. The van der Waals surface area contributed by atoms with Gasteiger partial charge < -0.3 is 10.5 Å². The van der Waals surface area contributed by atoms with Crippen LogP contribution in [0.1, 0.15) is 24.9 Å². The van der Waals surface area contributed by atoms with Gasteiger partial charge in [-0.05, 0) is 24.6 Å². The third-order valence-corrected chi connectivity index (χ3v) is 2.80. The molecule has 1 aromatic carbocycles. The van der Waals surface area contributed by atoms with Crippen molar-refractivity contribution in [2.75, 3.05) is 6.61 Å². The first kappa shape index (κ1) is 14.3. The lowest BCUT2D eigenvalue weighted by molar-refractivity contribution is -0.139. The molecule has 0 heterocycles. The number of alkyl halides is 3. The molecule has 0 aliphatic heterocycles. The molecule has 6 heteroatoms. The lowest BCUT2D eigenvalue weighted by atomic mass is 10.1. The molecule has 17 heavy (non-hydrogen) atoms. The highest BCUT2D eigenvalue weighted by atomic mass is 79.9. The van der Waals surface area contributed by atoms with Gasteiger partial charge in [0, 0.05) is 10.5 Å². The van der Waals surface area contributed by atoms with Crippen LogP contribution in [0.3, 0.4) is 0 Å². The van der Waals surface area contributed by atoms with Crippen LogP contribution >= 0.6 is 15.9 Å². The van der Waals surface area contributed by atoms with E-state index in [0.717, 1.165) is 10.0 Å². The zero-order chi connectivity index (χ0) is 13.1. The predicted molar refractivity (Wildman–Crippen MR) is 62.9 cm³/mol. The lowest BCUT2D eigenvalue weighted by Crippen LogP contribution is -2.13. The first-order chi connectivity index (χ1) is 7.79. The van der Waals surface area contributed by atoms with E-state index < -0.39 is 12.6 Å². The Morgan fingerprint density at radius 3 is 2.53 bits per heavy atom. The minimum Gasteiger partial charge on any atom is -0.493 e. The molecule has 2 N–H and O–H groups in total. The third-order valence-electron chi connectivity index (χ3n) is 2.12. The van der Waals surface area contributed by atoms with Crippen LogP contribution in [-0.2, 0) is 0 Å². The first-order valence-corrected chi connectivity index (χ1v) is 5.83. The van der Waals surface area contributed by atoms with Crippen LogP contribution in [0.15, 0.2) is 22.7 Å². The summed E-state index contributed by atoms with van der Waals surface area (Å²) < 4.78 is 41.4. The van der Waals surface area contributed by atoms with Crippen molar-refractivity contribution in [1.29, 1.82) is 0 Å². The van der Waals surface area contributed by atoms with Gasteiger partial charge in [0.25, 0.3) is 0 Å². The van der Waals surface area contributed by atoms with Crippen LogP contribution < -0.4 is 10.5 Å². The minimum atomic E-state index is -4.19. The van der Waals surface area contributed by atoms with Crippen LogP contribution in [0.5, 0.6) is 5.75 Å². The summed E-state index contributed by atoms with van der Waals surface area (Å²) in [4.78, 5) is 0. The molecule has 1 unspecified atom stereocenters. The van der Waals surface area contributed by atoms with Gasteiger partial charge in [0.2, 0.25) is 0 Å². The number of rotatable bonds is 4. The van der Waals surface area contributed by atoms with Crippen molar-refractivity contribution in [2.24, 2.45) is 5.73 Å². The summed E-state index contributed by atoms with van der Waals surface area (Å²) in [5.74, 6) is 0.394. The lowest BCUT2D eigenvalue weighted by Gasteiger charge is -2.12. The van der Waals surface area contributed by atoms with Gasteiger partial charge in [-0.3, -0.25) is 0 Å². The van der Waals surface area contributed by atoms with Crippen molar-refractivity contribution in [3.63, 3.8) is 0 Å². The first-order valence-electron chi connectivity index (χ1n) is 5.04. The van der Waals surface area contributed by atoms with Crippen molar-refractivity contribution in [3.8, 4) is 5.75 Å². The van der Waals surface area contributed by atoms with E-state index in [1.165, 1.54) is 0 Å². The van der Waals surface area contributed by atoms with Crippen molar-refractivity contribution in [3.05, 3.63) is 28.2 Å². The summed E-state index contributed by atoms with van der Waals surface area (Å²) in [5.41, 5.74) is 6.58. The second-order valence-electron chi connectivity index (χ2n) is 3.69. The van der Waals surface area contributed by atoms with Crippen LogP contribution in [0, 0.1) is 0 Å². The summed E-state index contributed by atoms with van der Waals surface area (Å²) in [7, 11) is 0. The minimum absolute atomic E-state index is 0.145. The molecule has 1 aromatic rings. The molecule has 0 amide bonds. The summed E-state index contributed by atoms with van der Waals surface area (Å²) in [5, 5.41) is 0. The van der Waals surface area contributed by atoms with Crippen molar-refractivity contribution >= 4 is 15.9 Å². The number of hydrogen-bond donors (Lipinski definition) is 1. The summed E-state index contributed by atoms with van der Waals surface area (Å²) in [6.07, 6.45) is -5.15. The van der Waals surface area contributed by atoms with Crippen LogP contribution in [-0.4, -0.2) is 12.8 Å². The fraction of sp³-hybridized carbons (Fsp3) is 0.455. The molecule has 0 aliphatic carbocycles. The Morgan fingerprint density at radius 1 is 1.41 bits per heavy atom. The second-order valence-corrected chi connectivity index (χ2v) is 4.54. The summed E-state index contributed by atoms with van der Waals surface area (Å²) in [6, 6.07) is 4.82. The quantitative estimate of drug-likeness (QED) is 0.918. The normalized spacial score (nSPS) is 13.5. The Labute approximate surface area is 106 Å². The Hall–Kier alpha value is -0.750. The molecular weight excluding hydrogens is 299 g/mol. The van der Waals surface area contributed by atoms with Gasteiger partial charge in [0.15, 0.2) is 0 Å². The summed E-state index contributed by atoms with van der Waals surface area (Å²) >= 11 is 3.30. The Bertz CT molecular complexity index is 379. The predicted octanol–water partition coefficient (Wildman–Crippen LogP) is 3.80. The van der Waals surface area contributed by atoms with E-state index in [1.807, 2.05) is 6.92 Å². The van der Waals surface area contributed by atoms with E-state index in [2.05, 4.69) is 15.9 Å². The van der Waals surface area contributed by atoms with Gasteiger partial charge in [-0.1, -0.05) is 22.0 Å². The van der Waals surface area contributed by atoms with Crippen LogP contribution in [0.2, 0.25) is 0 Å². The molecule has 0 aliphatic rings. The van der Waals surface area contributed by atoms with E-state index in [9.17, 15) is 13.2 Å². The molecule has 0 spiro atoms. The van der Waals surface area contributed by atoms with Gasteiger partial charge in [-0.2, -0.15) is 13.2 Å². The molecule has 1 atom stereocenters. The largest absolute Gasteiger partial charge is 0.493 e. The standard InChI is InChI=1S/C11H13BrF3NO/c1-7(16)9-3-2-8(6-10(9)12)17-5-4-11(13,14)15/h2-3,6-7H,4-5,16H2,1H3. The Balaban J connectivity index is 2.59. The zero-order valence-electron chi connectivity index (χ0n) is 9.22. The molecule has 2 nitrogen and oxygen atoms in total. The maximum absolute atomic E-state index is 11.9. The average molecular weight is 312 g/mol. The fourth-order valence-corrected chi connectivity index (χ4v) is 1.97. The van der Waals surface area contributed by atoms with Crippen molar-refractivity contribution in [2.45, 2.75) is 25.6 Å². The van der Waals surface area contributed by atoms with Crippen LogP contribution in [0.4, 0.5) is 13.2 Å². The van der Waals surface area contributed by atoms with E-state index in [-0.39, 0.29) is 12.6 Å². The average Bonchev–Trinajstić information content (AvgIpc) is 2.15. The number of ether oxygens (including phenoxy) is 1. The SMILES string of the molecule is CC(N)c1ccc(OCCC(F)(F)F)cc1Br. The zero-order valence-corrected chi connectivity index (χ0v) is 10.8. The van der Waals surface area contributed by atoms with Gasteiger partial charge in [-0.15, -0.1) is 0 Å². The molecule has 0 fully saturated rings. The molecule has 0 bridgehead atoms. The van der Waals surface area contributed by atoms with E-state index in [1.54, 1.807) is 18.2 Å². The van der Waals surface area contributed by atoms with Gasteiger partial charge >= 0.3 is 6.18 Å². The topological polar surface area (TPSA) is 35.2 Å². The number of benzene rings is 1. The second kappa shape index (κ2) is 5.73. The molecular formula is C11H13BrF3NO. The molecule has 0 radical (unpaired) electrons. The molecule has 1 rings (SSSR count). The molecule has 0 saturated heterocycles. The van der Waals surface area contributed by atoms with Gasteiger partial charge in [0.1, 0.15) is 5.75 Å².